The SMILES string of the molecule is Nc1ncc(F)cc1C(=O)Nc1c(F)cc(F)cc1Cl. The van der Waals surface area contributed by atoms with Gasteiger partial charge in [0.2, 0.25) is 0 Å². The molecule has 3 N–H and O–H groups in total. The maximum Gasteiger partial charge on any atom is 0.259 e. The van der Waals surface area contributed by atoms with E-state index in [1.54, 1.807) is 0 Å². The molecule has 0 atom stereocenters. The standard InChI is InChI=1S/C12H7ClF3N3O/c13-8-2-5(14)3-9(16)10(8)19-12(20)7-1-6(15)4-18-11(7)17/h1-4H,(H2,17,18)(H,19,20). The summed E-state index contributed by atoms with van der Waals surface area (Å²) < 4.78 is 39.4. The van der Waals surface area contributed by atoms with Crippen molar-refractivity contribution in [3.63, 3.8) is 0 Å². The summed E-state index contributed by atoms with van der Waals surface area (Å²) in [5.74, 6) is -3.89. The minimum atomic E-state index is -1.06. The van der Waals surface area contributed by atoms with E-state index in [0.29, 0.717) is 6.07 Å². The summed E-state index contributed by atoms with van der Waals surface area (Å²) in [6.07, 6.45) is 0.831. The van der Waals surface area contributed by atoms with Gasteiger partial charge >= 0.3 is 0 Å². The monoisotopic (exact) mass is 301 g/mol. The number of halogens is 4. The number of anilines is 2. The number of nitrogens with two attached hydrogens (primary N) is 1. The van der Waals surface area contributed by atoms with Crippen molar-refractivity contribution >= 4 is 29.0 Å². The van der Waals surface area contributed by atoms with Gasteiger partial charge in [-0.15, -0.1) is 0 Å². The number of hydrogen-bond donors (Lipinski definition) is 2. The summed E-state index contributed by atoms with van der Waals surface area (Å²) in [4.78, 5) is 15.3. The molecule has 0 spiro atoms. The summed E-state index contributed by atoms with van der Waals surface area (Å²) >= 11 is 5.62. The third kappa shape index (κ3) is 2.83. The molecular weight excluding hydrogens is 295 g/mol. The predicted octanol–water partition coefficient (Wildman–Crippen LogP) is 2.99. The van der Waals surface area contributed by atoms with E-state index in [-0.39, 0.29) is 16.4 Å². The van der Waals surface area contributed by atoms with Gasteiger partial charge in [-0.25, -0.2) is 18.2 Å². The third-order valence-corrected chi connectivity index (χ3v) is 2.67. The Morgan fingerprint density at radius 1 is 1.20 bits per heavy atom. The summed E-state index contributed by atoms with van der Waals surface area (Å²) in [6, 6.07) is 2.22. The van der Waals surface area contributed by atoms with Gasteiger partial charge in [0, 0.05) is 6.07 Å². The molecule has 104 valence electrons. The summed E-state index contributed by atoms with van der Waals surface area (Å²) in [7, 11) is 0. The van der Waals surface area contributed by atoms with Crippen LogP contribution in [0.2, 0.25) is 5.02 Å². The number of benzene rings is 1. The van der Waals surface area contributed by atoms with Crippen LogP contribution in [-0.2, 0) is 0 Å². The van der Waals surface area contributed by atoms with E-state index in [4.69, 9.17) is 17.3 Å². The molecule has 1 heterocycles. The lowest BCUT2D eigenvalue weighted by molar-refractivity contribution is 0.102. The number of nitrogens with zero attached hydrogens (tertiary/aromatic N) is 1. The molecular formula is C12H7ClF3N3O. The lowest BCUT2D eigenvalue weighted by atomic mass is 10.2. The molecule has 0 aliphatic heterocycles. The van der Waals surface area contributed by atoms with Crippen molar-refractivity contribution in [2.24, 2.45) is 0 Å². The van der Waals surface area contributed by atoms with Gasteiger partial charge in [0.15, 0.2) is 5.82 Å². The fourth-order valence-electron chi connectivity index (χ4n) is 1.47. The van der Waals surface area contributed by atoms with Gasteiger partial charge in [-0.3, -0.25) is 4.79 Å². The molecule has 2 aromatic rings. The molecule has 0 aliphatic rings. The first-order valence-electron chi connectivity index (χ1n) is 5.25. The van der Waals surface area contributed by atoms with Gasteiger partial charge < -0.3 is 11.1 Å². The van der Waals surface area contributed by atoms with Crippen LogP contribution >= 0.6 is 11.6 Å². The van der Waals surface area contributed by atoms with Crippen molar-refractivity contribution in [1.29, 1.82) is 0 Å². The Hall–Kier alpha value is -2.28. The number of pyridine rings is 1. The number of nitrogen functional groups attached to an aromatic ring is 1. The summed E-state index contributed by atoms with van der Waals surface area (Å²) in [5, 5.41) is 1.76. The molecule has 0 aliphatic carbocycles. The second-order valence-corrected chi connectivity index (χ2v) is 4.19. The maximum absolute atomic E-state index is 13.5. The van der Waals surface area contributed by atoms with Crippen LogP contribution in [0.3, 0.4) is 0 Å². The topological polar surface area (TPSA) is 68.0 Å². The minimum absolute atomic E-state index is 0.234. The van der Waals surface area contributed by atoms with E-state index in [1.165, 1.54) is 0 Å². The number of amides is 1. The zero-order valence-electron chi connectivity index (χ0n) is 9.75. The molecule has 1 aromatic heterocycles. The van der Waals surface area contributed by atoms with Crippen LogP contribution in [0.5, 0.6) is 0 Å². The van der Waals surface area contributed by atoms with Crippen LogP contribution < -0.4 is 11.1 Å². The first-order chi connectivity index (χ1) is 9.38. The first-order valence-corrected chi connectivity index (χ1v) is 5.63. The van der Waals surface area contributed by atoms with Gasteiger partial charge in [0.1, 0.15) is 17.5 Å². The van der Waals surface area contributed by atoms with Gasteiger partial charge in [0.05, 0.1) is 22.5 Å². The van der Waals surface area contributed by atoms with Crippen LogP contribution in [-0.4, -0.2) is 10.9 Å². The highest BCUT2D eigenvalue weighted by Gasteiger charge is 2.17. The predicted molar refractivity (Wildman–Crippen MR) is 67.9 cm³/mol. The minimum Gasteiger partial charge on any atom is -0.383 e. The Bertz CT molecular complexity index is 671. The Balaban J connectivity index is 2.35. The zero-order valence-corrected chi connectivity index (χ0v) is 10.5. The van der Waals surface area contributed by atoms with Crippen molar-refractivity contribution in [2.75, 3.05) is 11.1 Å². The second-order valence-electron chi connectivity index (χ2n) is 3.78. The quantitative estimate of drug-likeness (QED) is 0.896. The molecule has 0 saturated carbocycles. The van der Waals surface area contributed by atoms with E-state index in [0.717, 1.165) is 18.3 Å². The number of carbonyl (C=O) groups excluding carboxylic acids is 1. The normalized spacial score (nSPS) is 10.4. The first kappa shape index (κ1) is 14.1. The molecule has 0 bridgehead atoms. The number of rotatable bonds is 2. The molecule has 0 fully saturated rings. The molecule has 0 radical (unpaired) electrons. The summed E-state index contributed by atoms with van der Waals surface area (Å²) in [5.41, 5.74) is 4.70. The fourth-order valence-corrected chi connectivity index (χ4v) is 1.72. The van der Waals surface area contributed by atoms with Crippen molar-refractivity contribution in [3.8, 4) is 0 Å². The van der Waals surface area contributed by atoms with Crippen molar-refractivity contribution in [2.45, 2.75) is 0 Å². The van der Waals surface area contributed by atoms with E-state index < -0.39 is 29.0 Å². The number of nitrogens with one attached hydrogen (secondary N) is 1. The van der Waals surface area contributed by atoms with Crippen molar-refractivity contribution in [1.82, 2.24) is 4.98 Å². The molecule has 2 rings (SSSR count). The third-order valence-electron chi connectivity index (χ3n) is 2.38. The van der Waals surface area contributed by atoms with Crippen molar-refractivity contribution < 1.29 is 18.0 Å². The number of aromatic nitrogens is 1. The second kappa shape index (κ2) is 5.38. The van der Waals surface area contributed by atoms with E-state index >= 15 is 0 Å². The smallest absolute Gasteiger partial charge is 0.259 e. The van der Waals surface area contributed by atoms with Gasteiger partial charge in [-0.2, -0.15) is 0 Å². The largest absolute Gasteiger partial charge is 0.383 e. The highest BCUT2D eigenvalue weighted by atomic mass is 35.5. The molecule has 0 saturated heterocycles. The van der Waals surface area contributed by atoms with E-state index in [9.17, 15) is 18.0 Å². The Morgan fingerprint density at radius 2 is 1.90 bits per heavy atom. The maximum atomic E-state index is 13.5. The van der Waals surface area contributed by atoms with Gasteiger partial charge in [-0.05, 0) is 12.1 Å². The van der Waals surface area contributed by atoms with Crippen LogP contribution in [0.4, 0.5) is 24.7 Å². The van der Waals surface area contributed by atoms with Crippen LogP contribution in [0.1, 0.15) is 10.4 Å². The van der Waals surface area contributed by atoms with Crippen molar-refractivity contribution in [3.05, 3.63) is 52.4 Å². The molecule has 1 amide bonds. The van der Waals surface area contributed by atoms with E-state index in [1.807, 2.05) is 0 Å². The van der Waals surface area contributed by atoms with Gasteiger partial charge in [-0.1, -0.05) is 11.6 Å². The Kier molecular flexibility index (Phi) is 3.80. The molecule has 1 aromatic carbocycles. The lowest BCUT2D eigenvalue weighted by Gasteiger charge is -2.09. The Morgan fingerprint density at radius 3 is 2.55 bits per heavy atom. The Labute approximate surface area is 116 Å². The highest BCUT2D eigenvalue weighted by Crippen LogP contribution is 2.27. The van der Waals surface area contributed by atoms with Crippen LogP contribution in [0, 0.1) is 17.5 Å². The van der Waals surface area contributed by atoms with Crippen LogP contribution in [0.25, 0.3) is 0 Å². The number of hydrogen-bond acceptors (Lipinski definition) is 3. The molecule has 8 heteroatoms. The fraction of sp³-hybridized carbons (Fsp3) is 0. The van der Waals surface area contributed by atoms with E-state index in [2.05, 4.69) is 10.3 Å². The lowest BCUT2D eigenvalue weighted by Crippen LogP contribution is -2.16. The summed E-state index contributed by atoms with van der Waals surface area (Å²) in [6.45, 7) is 0. The van der Waals surface area contributed by atoms with Gasteiger partial charge in [0.25, 0.3) is 5.91 Å². The van der Waals surface area contributed by atoms with Crippen LogP contribution in [0.15, 0.2) is 24.4 Å². The number of carbonyl (C=O) groups is 1. The zero-order chi connectivity index (χ0) is 14.9. The molecule has 0 unspecified atom stereocenters. The highest BCUT2D eigenvalue weighted by molar-refractivity contribution is 6.34. The average molecular weight is 302 g/mol. The molecule has 20 heavy (non-hydrogen) atoms. The average Bonchev–Trinajstić information content (AvgIpc) is 2.36. The molecule has 4 nitrogen and oxygen atoms in total.